The van der Waals surface area contributed by atoms with E-state index in [1.807, 2.05) is 0 Å². The zero-order valence-corrected chi connectivity index (χ0v) is 9.99. The minimum absolute atomic E-state index is 0.175. The Hall–Kier alpha value is -1.98. The van der Waals surface area contributed by atoms with Gasteiger partial charge in [0.15, 0.2) is 0 Å². The molecule has 1 heterocycles. The number of likely N-dealkylation sites (N-methyl/N-ethyl adjacent to an activating group) is 1. The Kier molecular flexibility index (Phi) is 4.14. The summed E-state index contributed by atoms with van der Waals surface area (Å²) in [5.41, 5.74) is 0.280. The smallest absolute Gasteiger partial charge is 0.326 e. The molecule has 1 unspecified atom stereocenters. The van der Waals surface area contributed by atoms with E-state index in [0.717, 1.165) is 0 Å². The van der Waals surface area contributed by atoms with Gasteiger partial charge >= 0.3 is 5.97 Å². The first-order valence-corrected chi connectivity index (χ1v) is 5.20. The first-order valence-electron chi connectivity index (χ1n) is 5.20. The summed E-state index contributed by atoms with van der Waals surface area (Å²) in [5, 5.41) is 9.08. The largest absolute Gasteiger partial charge is 0.480 e. The molecule has 6 nitrogen and oxygen atoms in total. The standard InChI is InChI=1S/C11H15N3O3/c1-7(2)9(11(16)17)14(3)10(15)8-4-12-6-13-5-8/h4-7,9H,1-3H3,(H,16,17). The van der Waals surface area contributed by atoms with E-state index < -0.39 is 17.9 Å². The molecule has 6 heteroatoms. The highest BCUT2D eigenvalue weighted by molar-refractivity contribution is 5.95. The van der Waals surface area contributed by atoms with Crippen molar-refractivity contribution < 1.29 is 14.7 Å². The summed E-state index contributed by atoms with van der Waals surface area (Å²) >= 11 is 0. The summed E-state index contributed by atoms with van der Waals surface area (Å²) in [6.07, 6.45) is 4.05. The predicted octanol–water partition coefficient (Wildman–Crippen LogP) is 0.658. The molecule has 0 saturated carbocycles. The fourth-order valence-corrected chi connectivity index (χ4v) is 1.64. The van der Waals surface area contributed by atoms with Crippen molar-refractivity contribution in [2.24, 2.45) is 5.92 Å². The Bertz CT molecular complexity index is 406. The first-order chi connectivity index (χ1) is 7.95. The van der Waals surface area contributed by atoms with Crippen LogP contribution in [0.2, 0.25) is 0 Å². The van der Waals surface area contributed by atoms with Gasteiger partial charge in [0.1, 0.15) is 12.4 Å². The van der Waals surface area contributed by atoms with Gasteiger partial charge in [-0.15, -0.1) is 0 Å². The van der Waals surface area contributed by atoms with Crippen LogP contribution in [-0.4, -0.2) is 44.9 Å². The van der Waals surface area contributed by atoms with Crippen molar-refractivity contribution in [2.45, 2.75) is 19.9 Å². The van der Waals surface area contributed by atoms with Crippen molar-refractivity contribution in [3.63, 3.8) is 0 Å². The van der Waals surface area contributed by atoms with E-state index in [1.54, 1.807) is 13.8 Å². The van der Waals surface area contributed by atoms with E-state index in [1.165, 1.54) is 30.7 Å². The highest BCUT2D eigenvalue weighted by atomic mass is 16.4. The van der Waals surface area contributed by atoms with Crippen LogP contribution < -0.4 is 0 Å². The Morgan fingerprint density at radius 1 is 1.29 bits per heavy atom. The first kappa shape index (κ1) is 13.1. The number of carboxylic acid groups (broad SMARTS) is 1. The van der Waals surface area contributed by atoms with Crippen molar-refractivity contribution in [1.29, 1.82) is 0 Å². The fraction of sp³-hybridized carbons (Fsp3) is 0.455. The molecule has 0 fully saturated rings. The van der Waals surface area contributed by atoms with Gasteiger partial charge in [0.05, 0.1) is 5.56 Å². The van der Waals surface area contributed by atoms with Crippen LogP contribution in [0.15, 0.2) is 18.7 Å². The molecule has 0 spiro atoms. The van der Waals surface area contributed by atoms with Crippen LogP contribution in [0.5, 0.6) is 0 Å². The molecule has 0 aliphatic heterocycles. The van der Waals surface area contributed by atoms with Gasteiger partial charge in [-0.25, -0.2) is 14.8 Å². The molecule has 1 amide bonds. The van der Waals surface area contributed by atoms with Crippen molar-refractivity contribution in [2.75, 3.05) is 7.05 Å². The molecule has 0 aliphatic carbocycles. The number of carbonyl (C=O) groups is 2. The molecule has 1 atom stereocenters. The van der Waals surface area contributed by atoms with Gasteiger partial charge in [0.25, 0.3) is 5.91 Å². The van der Waals surface area contributed by atoms with E-state index in [-0.39, 0.29) is 11.5 Å². The third-order valence-corrected chi connectivity index (χ3v) is 2.43. The van der Waals surface area contributed by atoms with Crippen molar-refractivity contribution >= 4 is 11.9 Å². The maximum Gasteiger partial charge on any atom is 0.326 e. The number of aromatic nitrogens is 2. The SMILES string of the molecule is CC(C)C(C(=O)O)N(C)C(=O)c1cncnc1. The monoisotopic (exact) mass is 237 g/mol. The second-order valence-electron chi connectivity index (χ2n) is 4.07. The minimum atomic E-state index is -1.02. The molecular weight excluding hydrogens is 222 g/mol. The maximum atomic E-state index is 12.0. The summed E-state index contributed by atoms with van der Waals surface area (Å²) in [6.45, 7) is 3.51. The Labute approximate surface area is 99.3 Å². The van der Waals surface area contributed by atoms with Crippen LogP contribution in [-0.2, 0) is 4.79 Å². The second-order valence-corrected chi connectivity index (χ2v) is 4.07. The lowest BCUT2D eigenvalue weighted by Gasteiger charge is -2.27. The lowest BCUT2D eigenvalue weighted by Crippen LogP contribution is -2.45. The third kappa shape index (κ3) is 2.99. The predicted molar refractivity (Wildman–Crippen MR) is 60.4 cm³/mol. The van der Waals surface area contributed by atoms with Crippen molar-refractivity contribution in [1.82, 2.24) is 14.9 Å². The van der Waals surface area contributed by atoms with Gasteiger partial charge in [-0.1, -0.05) is 13.8 Å². The maximum absolute atomic E-state index is 12.0. The van der Waals surface area contributed by atoms with E-state index >= 15 is 0 Å². The van der Waals surface area contributed by atoms with Gasteiger partial charge in [0.2, 0.25) is 0 Å². The number of rotatable bonds is 4. The zero-order valence-electron chi connectivity index (χ0n) is 9.99. The lowest BCUT2D eigenvalue weighted by molar-refractivity contribution is -0.143. The molecule has 17 heavy (non-hydrogen) atoms. The molecule has 0 saturated heterocycles. The molecule has 0 aliphatic rings. The van der Waals surface area contributed by atoms with Crippen LogP contribution >= 0.6 is 0 Å². The number of nitrogens with zero attached hydrogens (tertiary/aromatic N) is 3. The van der Waals surface area contributed by atoms with Gasteiger partial charge in [0, 0.05) is 19.4 Å². The Balaban J connectivity index is 2.92. The normalized spacial score (nSPS) is 12.2. The summed E-state index contributed by atoms with van der Waals surface area (Å²) in [6, 6.07) is -0.859. The Morgan fingerprint density at radius 3 is 2.24 bits per heavy atom. The molecule has 0 bridgehead atoms. The quantitative estimate of drug-likeness (QED) is 0.831. The van der Waals surface area contributed by atoms with Crippen LogP contribution in [0, 0.1) is 5.92 Å². The molecule has 1 aromatic heterocycles. The third-order valence-electron chi connectivity index (χ3n) is 2.43. The number of carboxylic acids is 1. The van der Waals surface area contributed by atoms with E-state index in [0.29, 0.717) is 0 Å². The van der Waals surface area contributed by atoms with E-state index in [9.17, 15) is 9.59 Å². The van der Waals surface area contributed by atoms with E-state index in [2.05, 4.69) is 9.97 Å². The average Bonchev–Trinajstić information content (AvgIpc) is 2.28. The fourth-order valence-electron chi connectivity index (χ4n) is 1.64. The zero-order chi connectivity index (χ0) is 13.0. The molecule has 0 radical (unpaired) electrons. The van der Waals surface area contributed by atoms with E-state index in [4.69, 9.17) is 5.11 Å². The highest BCUT2D eigenvalue weighted by Gasteiger charge is 2.30. The van der Waals surface area contributed by atoms with Crippen LogP contribution in [0.25, 0.3) is 0 Å². The summed E-state index contributed by atoms with van der Waals surface area (Å²) in [4.78, 5) is 31.7. The van der Waals surface area contributed by atoms with Crippen LogP contribution in [0.3, 0.4) is 0 Å². The number of carbonyl (C=O) groups excluding carboxylic acids is 1. The highest BCUT2D eigenvalue weighted by Crippen LogP contribution is 2.12. The number of hydrogen-bond donors (Lipinski definition) is 1. The topological polar surface area (TPSA) is 83.4 Å². The van der Waals surface area contributed by atoms with Crippen LogP contribution in [0.1, 0.15) is 24.2 Å². The Morgan fingerprint density at radius 2 is 1.82 bits per heavy atom. The number of amides is 1. The minimum Gasteiger partial charge on any atom is -0.480 e. The number of hydrogen-bond acceptors (Lipinski definition) is 4. The second kappa shape index (κ2) is 5.38. The lowest BCUT2D eigenvalue weighted by atomic mass is 10.0. The van der Waals surface area contributed by atoms with Gasteiger partial charge in [-0.3, -0.25) is 4.79 Å². The molecule has 1 N–H and O–H groups in total. The average molecular weight is 237 g/mol. The molecule has 0 aromatic carbocycles. The van der Waals surface area contributed by atoms with Gasteiger partial charge < -0.3 is 10.0 Å². The molecule has 1 aromatic rings. The number of aliphatic carboxylic acids is 1. The summed E-state index contributed by atoms with van der Waals surface area (Å²) in [7, 11) is 1.47. The molecule has 92 valence electrons. The van der Waals surface area contributed by atoms with Crippen molar-refractivity contribution in [3.8, 4) is 0 Å². The summed E-state index contributed by atoms with van der Waals surface area (Å²) < 4.78 is 0. The van der Waals surface area contributed by atoms with Gasteiger partial charge in [-0.05, 0) is 5.92 Å². The van der Waals surface area contributed by atoms with Crippen molar-refractivity contribution in [3.05, 3.63) is 24.3 Å². The molecular formula is C11H15N3O3. The molecule has 1 rings (SSSR count). The van der Waals surface area contributed by atoms with Gasteiger partial charge in [-0.2, -0.15) is 0 Å². The van der Waals surface area contributed by atoms with Crippen LogP contribution in [0.4, 0.5) is 0 Å². The summed E-state index contributed by atoms with van der Waals surface area (Å²) in [5.74, 6) is -1.59.